The number of nitrogens with zero attached hydrogens (tertiary/aromatic N) is 2. The molecule has 0 bridgehead atoms. The Kier molecular flexibility index (Phi) is 3.50. The predicted molar refractivity (Wildman–Crippen MR) is 72.9 cm³/mol. The third-order valence-corrected chi connectivity index (χ3v) is 3.72. The molecule has 1 atom stereocenters. The molecule has 1 saturated heterocycles. The van der Waals surface area contributed by atoms with Crippen molar-refractivity contribution in [3.8, 4) is 0 Å². The van der Waals surface area contributed by atoms with Gasteiger partial charge >= 0.3 is 0 Å². The van der Waals surface area contributed by atoms with E-state index >= 15 is 0 Å². The summed E-state index contributed by atoms with van der Waals surface area (Å²) < 4.78 is 13.7. The number of carbonyl (C=O) groups excluding carboxylic acids is 1. The van der Waals surface area contributed by atoms with E-state index in [-0.39, 0.29) is 17.4 Å². The van der Waals surface area contributed by atoms with Crippen LogP contribution in [0.2, 0.25) is 0 Å². The second-order valence-electron chi connectivity index (χ2n) is 5.04. The zero-order chi connectivity index (χ0) is 13.9. The summed E-state index contributed by atoms with van der Waals surface area (Å²) in [6.07, 6.45) is 5.40. The number of benzene rings is 1. The Balaban J connectivity index is 1.77. The van der Waals surface area contributed by atoms with E-state index in [0.717, 1.165) is 18.7 Å². The summed E-state index contributed by atoms with van der Waals surface area (Å²) >= 11 is 0. The maximum absolute atomic E-state index is 13.7. The highest BCUT2D eigenvalue weighted by atomic mass is 19.1. The number of amides is 1. The Morgan fingerprint density at radius 3 is 3.00 bits per heavy atom. The van der Waals surface area contributed by atoms with E-state index in [4.69, 9.17) is 0 Å². The summed E-state index contributed by atoms with van der Waals surface area (Å²) in [5.41, 5.74) is 0.146. The molecule has 5 heteroatoms. The number of hydrogen-bond donors (Lipinski definition) is 1. The highest BCUT2D eigenvalue weighted by Gasteiger charge is 2.27. The summed E-state index contributed by atoms with van der Waals surface area (Å²) in [7, 11) is 0. The molecule has 1 aliphatic rings. The minimum atomic E-state index is -0.461. The fourth-order valence-electron chi connectivity index (χ4n) is 2.69. The zero-order valence-corrected chi connectivity index (χ0v) is 11.1. The lowest BCUT2D eigenvalue weighted by atomic mass is 9.96. The van der Waals surface area contributed by atoms with Gasteiger partial charge in [0.15, 0.2) is 0 Å². The summed E-state index contributed by atoms with van der Waals surface area (Å²) in [5.74, 6) is 0.405. The van der Waals surface area contributed by atoms with E-state index in [1.54, 1.807) is 29.4 Å². The van der Waals surface area contributed by atoms with Gasteiger partial charge < -0.3 is 9.88 Å². The Morgan fingerprint density at radius 2 is 2.25 bits per heavy atom. The molecule has 0 saturated carbocycles. The van der Waals surface area contributed by atoms with Gasteiger partial charge in [0.1, 0.15) is 11.6 Å². The maximum atomic E-state index is 13.7. The molecule has 0 spiro atoms. The highest BCUT2D eigenvalue weighted by molar-refractivity contribution is 5.94. The summed E-state index contributed by atoms with van der Waals surface area (Å²) in [6, 6.07) is 6.13. The number of piperidine rings is 1. The van der Waals surface area contributed by atoms with Crippen molar-refractivity contribution in [1.29, 1.82) is 0 Å². The van der Waals surface area contributed by atoms with Crippen molar-refractivity contribution in [2.45, 2.75) is 18.8 Å². The summed E-state index contributed by atoms with van der Waals surface area (Å²) in [5, 5.41) is 0. The lowest BCUT2D eigenvalue weighted by Crippen LogP contribution is -2.39. The average molecular weight is 273 g/mol. The minimum Gasteiger partial charge on any atom is -0.348 e. The van der Waals surface area contributed by atoms with Gasteiger partial charge in [-0.15, -0.1) is 0 Å². The summed E-state index contributed by atoms with van der Waals surface area (Å²) in [6.45, 7) is 1.26. The second-order valence-corrected chi connectivity index (χ2v) is 5.04. The van der Waals surface area contributed by atoms with Gasteiger partial charge in [0.05, 0.1) is 5.56 Å². The molecule has 0 radical (unpaired) electrons. The topological polar surface area (TPSA) is 49.0 Å². The number of aromatic amines is 1. The first-order valence-corrected chi connectivity index (χ1v) is 6.79. The van der Waals surface area contributed by atoms with Gasteiger partial charge in [-0.25, -0.2) is 9.37 Å². The van der Waals surface area contributed by atoms with Gasteiger partial charge in [0.25, 0.3) is 5.91 Å². The van der Waals surface area contributed by atoms with Crippen molar-refractivity contribution in [3.63, 3.8) is 0 Å². The van der Waals surface area contributed by atoms with Gasteiger partial charge in [0.2, 0.25) is 0 Å². The first kappa shape index (κ1) is 12.8. The zero-order valence-electron chi connectivity index (χ0n) is 11.1. The third-order valence-electron chi connectivity index (χ3n) is 3.72. The second kappa shape index (κ2) is 5.45. The molecule has 20 heavy (non-hydrogen) atoms. The molecular weight excluding hydrogens is 257 g/mol. The van der Waals surface area contributed by atoms with Crippen LogP contribution in [0.1, 0.15) is 34.9 Å². The van der Waals surface area contributed by atoms with Gasteiger partial charge in [-0.05, 0) is 25.0 Å². The van der Waals surface area contributed by atoms with Crippen molar-refractivity contribution >= 4 is 5.91 Å². The van der Waals surface area contributed by atoms with Crippen molar-refractivity contribution in [3.05, 3.63) is 53.9 Å². The van der Waals surface area contributed by atoms with E-state index in [2.05, 4.69) is 9.97 Å². The molecule has 1 amide bonds. The average Bonchev–Trinajstić information content (AvgIpc) is 3.01. The Labute approximate surface area is 116 Å². The van der Waals surface area contributed by atoms with Gasteiger partial charge in [-0.3, -0.25) is 4.79 Å². The molecule has 1 aromatic heterocycles. The molecule has 4 nitrogen and oxygen atoms in total. The lowest BCUT2D eigenvalue weighted by molar-refractivity contribution is 0.0700. The predicted octanol–water partition coefficient (Wildman–Crippen LogP) is 2.57. The third kappa shape index (κ3) is 2.43. The monoisotopic (exact) mass is 273 g/mol. The standard InChI is InChI=1S/C15H16FN3O/c16-13-6-2-1-5-12(13)15(20)19-9-3-4-11(10-19)14-17-7-8-18-14/h1-2,5-8,11H,3-4,9-10H2,(H,17,18). The van der Waals surface area contributed by atoms with E-state index in [0.29, 0.717) is 13.1 Å². The number of H-pyrrole nitrogens is 1. The molecule has 2 aromatic rings. The number of carbonyl (C=O) groups is 1. The van der Waals surface area contributed by atoms with Crippen molar-refractivity contribution in [2.75, 3.05) is 13.1 Å². The molecule has 1 N–H and O–H groups in total. The Morgan fingerprint density at radius 1 is 1.40 bits per heavy atom. The minimum absolute atomic E-state index is 0.146. The SMILES string of the molecule is O=C(c1ccccc1F)N1CCCC(c2ncc[nH]2)C1. The van der Waals surface area contributed by atoms with Crippen LogP contribution >= 0.6 is 0 Å². The molecule has 1 unspecified atom stereocenters. The van der Waals surface area contributed by atoms with Crippen molar-refractivity contribution in [2.24, 2.45) is 0 Å². The number of likely N-dealkylation sites (tertiary alicyclic amines) is 1. The van der Waals surface area contributed by atoms with Crippen LogP contribution in [0.4, 0.5) is 4.39 Å². The number of nitrogens with one attached hydrogen (secondary N) is 1. The maximum Gasteiger partial charge on any atom is 0.256 e. The summed E-state index contributed by atoms with van der Waals surface area (Å²) in [4.78, 5) is 21.5. The van der Waals surface area contributed by atoms with E-state index in [1.807, 2.05) is 0 Å². The van der Waals surface area contributed by atoms with Crippen LogP contribution < -0.4 is 0 Å². The van der Waals surface area contributed by atoms with E-state index in [9.17, 15) is 9.18 Å². The van der Waals surface area contributed by atoms with Crippen LogP contribution in [-0.2, 0) is 0 Å². The van der Waals surface area contributed by atoms with E-state index in [1.165, 1.54) is 12.1 Å². The number of aromatic nitrogens is 2. The molecule has 1 aromatic carbocycles. The van der Waals surface area contributed by atoms with Gasteiger partial charge in [0, 0.05) is 31.4 Å². The molecule has 2 heterocycles. The molecule has 3 rings (SSSR count). The first-order chi connectivity index (χ1) is 9.75. The first-order valence-electron chi connectivity index (χ1n) is 6.79. The van der Waals surface area contributed by atoms with Crippen LogP contribution in [0.5, 0.6) is 0 Å². The molecular formula is C15H16FN3O. The number of halogens is 1. The Hall–Kier alpha value is -2.17. The van der Waals surface area contributed by atoms with Crippen LogP contribution in [0.25, 0.3) is 0 Å². The number of hydrogen-bond acceptors (Lipinski definition) is 2. The highest BCUT2D eigenvalue weighted by Crippen LogP contribution is 2.25. The van der Waals surface area contributed by atoms with Crippen LogP contribution in [-0.4, -0.2) is 33.9 Å². The normalized spacial score (nSPS) is 19.1. The molecule has 1 fully saturated rings. The van der Waals surface area contributed by atoms with Crippen molar-refractivity contribution < 1.29 is 9.18 Å². The quantitative estimate of drug-likeness (QED) is 0.914. The number of imidazole rings is 1. The smallest absolute Gasteiger partial charge is 0.256 e. The van der Waals surface area contributed by atoms with Crippen LogP contribution in [0, 0.1) is 5.82 Å². The van der Waals surface area contributed by atoms with Gasteiger partial charge in [-0.1, -0.05) is 12.1 Å². The molecule has 1 aliphatic heterocycles. The fraction of sp³-hybridized carbons (Fsp3) is 0.333. The molecule has 0 aliphatic carbocycles. The van der Waals surface area contributed by atoms with E-state index < -0.39 is 5.82 Å². The lowest BCUT2D eigenvalue weighted by Gasteiger charge is -2.32. The number of rotatable bonds is 2. The molecule has 104 valence electrons. The fourth-order valence-corrected chi connectivity index (χ4v) is 2.69. The Bertz CT molecular complexity index is 597. The largest absolute Gasteiger partial charge is 0.348 e. The van der Waals surface area contributed by atoms with Gasteiger partial charge in [-0.2, -0.15) is 0 Å². The van der Waals surface area contributed by atoms with Crippen LogP contribution in [0.15, 0.2) is 36.7 Å². The van der Waals surface area contributed by atoms with Crippen molar-refractivity contribution in [1.82, 2.24) is 14.9 Å². The van der Waals surface area contributed by atoms with Crippen LogP contribution in [0.3, 0.4) is 0 Å².